The minimum Gasteiger partial charge on any atom is -0.496 e. The second-order valence-corrected chi connectivity index (χ2v) is 5.73. The van der Waals surface area contributed by atoms with E-state index in [1.54, 1.807) is 33.5 Å². The van der Waals surface area contributed by atoms with Gasteiger partial charge in [0.15, 0.2) is 5.78 Å². The maximum atomic E-state index is 12.7. The molecule has 1 aliphatic heterocycles. The van der Waals surface area contributed by atoms with Gasteiger partial charge in [-0.25, -0.2) is 0 Å². The van der Waals surface area contributed by atoms with E-state index in [0.29, 0.717) is 29.2 Å². The minimum atomic E-state index is 0.0280. The Bertz CT molecular complexity index is 514. The average Bonchev–Trinajstić information content (AvgIpc) is 2.59. The van der Waals surface area contributed by atoms with Crippen LogP contribution in [0.15, 0.2) is 12.1 Å². The highest BCUT2D eigenvalue weighted by Gasteiger charge is 2.21. The third-order valence-corrected chi connectivity index (χ3v) is 4.24. The summed E-state index contributed by atoms with van der Waals surface area (Å²) in [7, 11) is 6.79. The Morgan fingerprint density at radius 2 is 1.57 bits per heavy atom. The van der Waals surface area contributed by atoms with Gasteiger partial charge in [0, 0.05) is 51.3 Å². The summed E-state index contributed by atoms with van der Waals surface area (Å²) < 4.78 is 15.9. The van der Waals surface area contributed by atoms with E-state index < -0.39 is 0 Å². The summed E-state index contributed by atoms with van der Waals surface area (Å²) in [5.41, 5.74) is 0.491. The molecule has 1 fully saturated rings. The molecule has 2 rings (SSSR count). The lowest BCUT2D eigenvalue weighted by molar-refractivity contribution is 0.0936. The fraction of sp³-hybridized carbons (Fsp3) is 0.588. The third kappa shape index (κ3) is 4.36. The Morgan fingerprint density at radius 1 is 1.00 bits per heavy atom. The van der Waals surface area contributed by atoms with Gasteiger partial charge in [0.1, 0.15) is 22.8 Å². The van der Waals surface area contributed by atoms with Gasteiger partial charge >= 0.3 is 0 Å². The molecule has 23 heavy (non-hydrogen) atoms. The standard InChI is InChI=1S/C17H26N2O4/c1-18-7-9-19(10-8-18)6-5-14(20)17-15(22-3)11-13(21-2)12-16(17)23-4/h11-12H,5-10H2,1-4H3. The number of nitrogens with zero attached hydrogens (tertiary/aromatic N) is 2. The molecule has 0 radical (unpaired) electrons. The van der Waals surface area contributed by atoms with Crippen LogP contribution in [0.2, 0.25) is 0 Å². The van der Waals surface area contributed by atoms with E-state index in [2.05, 4.69) is 16.8 Å². The van der Waals surface area contributed by atoms with E-state index in [1.165, 1.54) is 0 Å². The van der Waals surface area contributed by atoms with Gasteiger partial charge in [0.2, 0.25) is 0 Å². The summed E-state index contributed by atoms with van der Waals surface area (Å²) in [6.45, 7) is 4.85. The lowest BCUT2D eigenvalue weighted by Gasteiger charge is -2.32. The molecular weight excluding hydrogens is 296 g/mol. The summed E-state index contributed by atoms with van der Waals surface area (Å²) in [4.78, 5) is 17.3. The summed E-state index contributed by atoms with van der Waals surface area (Å²) in [6.07, 6.45) is 0.447. The van der Waals surface area contributed by atoms with Crippen LogP contribution in [0, 0.1) is 0 Å². The van der Waals surface area contributed by atoms with Crippen LogP contribution in [0.25, 0.3) is 0 Å². The molecule has 1 aromatic rings. The Balaban J connectivity index is 2.08. The molecular formula is C17H26N2O4. The van der Waals surface area contributed by atoms with Crippen LogP contribution in [-0.2, 0) is 0 Å². The topological polar surface area (TPSA) is 51.2 Å². The maximum absolute atomic E-state index is 12.7. The molecule has 0 spiro atoms. The lowest BCUT2D eigenvalue weighted by Crippen LogP contribution is -2.45. The molecule has 0 aliphatic carbocycles. The molecule has 1 aliphatic rings. The molecule has 0 atom stereocenters. The van der Waals surface area contributed by atoms with Crippen molar-refractivity contribution >= 4 is 5.78 Å². The Morgan fingerprint density at radius 3 is 2.04 bits per heavy atom. The smallest absolute Gasteiger partial charge is 0.171 e. The number of ketones is 1. The van der Waals surface area contributed by atoms with Crippen molar-refractivity contribution in [3.8, 4) is 17.2 Å². The SMILES string of the molecule is COc1cc(OC)c(C(=O)CCN2CCN(C)CC2)c(OC)c1. The minimum absolute atomic E-state index is 0.0280. The number of carbonyl (C=O) groups is 1. The number of Topliss-reactive ketones (excluding diaryl/α,β-unsaturated/α-hetero) is 1. The third-order valence-electron chi connectivity index (χ3n) is 4.24. The van der Waals surface area contributed by atoms with Crippen molar-refractivity contribution < 1.29 is 19.0 Å². The highest BCUT2D eigenvalue weighted by Crippen LogP contribution is 2.34. The molecule has 1 heterocycles. The molecule has 0 unspecified atom stereocenters. The first kappa shape index (κ1) is 17.6. The van der Waals surface area contributed by atoms with Crippen molar-refractivity contribution in [3.63, 3.8) is 0 Å². The van der Waals surface area contributed by atoms with Crippen molar-refractivity contribution in [2.75, 3.05) is 61.1 Å². The quantitative estimate of drug-likeness (QED) is 0.710. The number of benzene rings is 1. The molecule has 1 saturated heterocycles. The molecule has 0 bridgehead atoms. The highest BCUT2D eigenvalue weighted by molar-refractivity contribution is 6.01. The van der Waals surface area contributed by atoms with Crippen LogP contribution >= 0.6 is 0 Å². The van der Waals surface area contributed by atoms with E-state index >= 15 is 0 Å². The second kappa shape index (κ2) is 8.17. The first-order chi connectivity index (χ1) is 11.1. The zero-order chi connectivity index (χ0) is 16.8. The monoisotopic (exact) mass is 322 g/mol. The molecule has 1 aromatic carbocycles. The normalized spacial score (nSPS) is 16.2. The number of carbonyl (C=O) groups excluding carboxylic acids is 1. The Hall–Kier alpha value is -1.79. The molecule has 0 saturated carbocycles. The Kier molecular flexibility index (Phi) is 6.24. The van der Waals surface area contributed by atoms with Gasteiger partial charge in [0.05, 0.1) is 21.3 Å². The van der Waals surface area contributed by atoms with Crippen LogP contribution in [0.1, 0.15) is 16.8 Å². The van der Waals surface area contributed by atoms with Crippen molar-refractivity contribution in [2.45, 2.75) is 6.42 Å². The number of rotatable bonds is 7. The van der Waals surface area contributed by atoms with Crippen LogP contribution in [0.5, 0.6) is 17.2 Å². The van der Waals surface area contributed by atoms with Gasteiger partial charge in [-0.1, -0.05) is 0 Å². The van der Waals surface area contributed by atoms with Crippen LogP contribution in [0.3, 0.4) is 0 Å². The fourth-order valence-corrected chi connectivity index (χ4v) is 2.74. The molecule has 0 N–H and O–H groups in total. The number of ether oxygens (including phenoxy) is 3. The van der Waals surface area contributed by atoms with Gasteiger partial charge < -0.3 is 24.0 Å². The Labute approximate surface area is 137 Å². The molecule has 6 nitrogen and oxygen atoms in total. The van der Waals surface area contributed by atoms with Gasteiger partial charge in [-0.2, -0.15) is 0 Å². The van der Waals surface area contributed by atoms with Gasteiger partial charge in [-0.3, -0.25) is 4.79 Å². The van der Waals surface area contributed by atoms with Crippen LogP contribution in [0.4, 0.5) is 0 Å². The summed E-state index contributed by atoms with van der Waals surface area (Å²) >= 11 is 0. The zero-order valence-corrected chi connectivity index (χ0v) is 14.4. The predicted octanol–water partition coefficient (Wildman–Crippen LogP) is 1.53. The van der Waals surface area contributed by atoms with E-state index in [4.69, 9.17) is 14.2 Å². The van der Waals surface area contributed by atoms with Gasteiger partial charge in [0.25, 0.3) is 0 Å². The molecule has 0 aromatic heterocycles. The summed E-state index contributed by atoms with van der Waals surface area (Å²) in [5, 5.41) is 0. The number of methoxy groups -OCH3 is 3. The van der Waals surface area contributed by atoms with Gasteiger partial charge in [-0.15, -0.1) is 0 Å². The molecule has 6 heteroatoms. The lowest BCUT2D eigenvalue weighted by atomic mass is 10.0. The van der Waals surface area contributed by atoms with E-state index in [-0.39, 0.29) is 5.78 Å². The number of hydrogen-bond acceptors (Lipinski definition) is 6. The van der Waals surface area contributed by atoms with Crippen molar-refractivity contribution in [3.05, 3.63) is 17.7 Å². The van der Waals surface area contributed by atoms with Gasteiger partial charge in [-0.05, 0) is 7.05 Å². The maximum Gasteiger partial charge on any atom is 0.171 e. The number of likely N-dealkylation sites (N-methyl/N-ethyl adjacent to an activating group) is 1. The van der Waals surface area contributed by atoms with E-state index in [0.717, 1.165) is 32.7 Å². The fourth-order valence-electron chi connectivity index (χ4n) is 2.74. The first-order valence-electron chi connectivity index (χ1n) is 7.83. The van der Waals surface area contributed by atoms with Crippen LogP contribution in [-0.4, -0.2) is 76.7 Å². The average molecular weight is 322 g/mol. The molecule has 128 valence electrons. The largest absolute Gasteiger partial charge is 0.496 e. The van der Waals surface area contributed by atoms with E-state index in [1.807, 2.05) is 0 Å². The number of hydrogen-bond donors (Lipinski definition) is 0. The van der Waals surface area contributed by atoms with Crippen molar-refractivity contribution in [1.29, 1.82) is 0 Å². The summed E-state index contributed by atoms with van der Waals surface area (Å²) in [5.74, 6) is 1.61. The predicted molar refractivity (Wildman–Crippen MR) is 89.0 cm³/mol. The first-order valence-corrected chi connectivity index (χ1v) is 7.83. The highest BCUT2D eigenvalue weighted by atomic mass is 16.5. The second-order valence-electron chi connectivity index (χ2n) is 5.73. The van der Waals surface area contributed by atoms with Crippen molar-refractivity contribution in [2.24, 2.45) is 0 Å². The zero-order valence-electron chi connectivity index (χ0n) is 14.4. The number of piperazine rings is 1. The van der Waals surface area contributed by atoms with E-state index in [9.17, 15) is 4.79 Å². The molecule has 0 amide bonds. The summed E-state index contributed by atoms with van der Waals surface area (Å²) in [6, 6.07) is 3.43. The van der Waals surface area contributed by atoms with Crippen LogP contribution < -0.4 is 14.2 Å². The van der Waals surface area contributed by atoms with Crippen molar-refractivity contribution in [1.82, 2.24) is 9.80 Å².